The van der Waals surface area contributed by atoms with Gasteiger partial charge in [0, 0.05) is 19.5 Å². The van der Waals surface area contributed by atoms with Crippen molar-refractivity contribution in [3.63, 3.8) is 0 Å². The van der Waals surface area contributed by atoms with E-state index in [-0.39, 0.29) is 22.8 Å². The Bertz CT molecular complexity index is 569. The summed E-state index contributed by atoms with van der Waals surface area (Å²) in [5.41, 5.74) is 6.32. The minimum absolute atomic E-state index is 0.0458. The number of amides is 1. The van der Waals surface area contributed by atoms with Crippen molar-refractivity contribution >= 4 is 15.9 Å². The Hall–Kier alpha value is -1.44. The van der Waals surface area contributed by atoms with E-state index in [2.05, 4.69) is 0 Å². The molecule has 1 aromatic rings. The zero-order valence-electron chi connectivity index (χ0n) is 11.9. The molecule has 0 saturated carbocycles. The van der Waals surface area contributed by atoms with Gasteiger partial charge in [0.1, 0.15) is 0 Å². The molecule has 4 N–H and O–H groups in total. The van der Waals surface area contributed by atoms with Gasteiger partial charge in [0.15, 0.2) is 0 Å². The van der Waals surface area contributed by atoms with E-state index in [0.717, 1.165) is 5.56 Å². The van der Waals surface area contributed by atoms with E-state index < -0.39 is 10.0 Å². The van der Waals surface area contributed by atoms with E-state index in [0.29, 0.717) is 6.54 Å². The third kappa shape index (κ3) is 3.78. The van der Waals surface area contributed by atoms with E-state index >= 15 is 0 Å². The summed E-state index contributed by atoms with van der Waals surface area (Å²) in [4.78, 5) is 13.7. The number of nitrogens with two attached hydrogens (primary N) is 2. The molecule has 0 aromatic heterocycles. The summed E-state index contributed by atoms with van der Waals surface area (Å²) < 4.78 is 22.4. The first-order valence-electron chi connectivity index (χ1n) is 6.28. The first-order chi connectivity index (χ1) is 9.18. The highest BCUT2D eigenvalue weighted by Crippen LogP contribution is 2.21. The normalized spacial score (nSPS) is 14.7. The van der Waals surface area contributed by atoms with Crippen LogP contribution in [0.3, 0.4) is 0 Å². The summed E-state index contributed by atoms with van der Waals surface area (Å²) in [6.45, 7) is 3.93. The fraction of sp³-hybridized carbons (Fsp3) is 0.462. The Labute approximate surface area is 119 Å². The lowest BCUT2D eigenvalue weighted by Gasteiger charge is -2.27. The number of benzene rings is 1. The number of nitrogens with zero attached hydrogens (tertiary/aromatic N) is 1. The van der Waals surface area contributed by atoms with Gasteiger partial charge in [0.05, 0.1) is 10.9 Å². The smallest absolute Gasteiger partial charge is 0.238 e. The predicted octanol–water partition coefficient (Wildman–Crippen LogP) is 0.448. The van der Waals surface area contributed by atoms with Crippen molar-refractivity contribution in [1.82, 2.24) is 4.90 Å². The van der Waals surface area contributed by atoms with Crippen molar-refractivity contribution in [3.05, 3.63) is 29.8 Å². The highest BCUT2D eigenvalue weighted by molar-refractivity contribution is 7.89. The fourth-order valence-corrected chi connectivity index (χ4v) is 2.31. The van der Waals surface area contributed by atoms with E-state index in [9.17, 15) is 13.2 Å². The molecule has 6 nitrogen and oxygen atoms in total. The van der Waals surface area contributed by atoms with Crippen molar-refractivity contribution in [3.8, 4) is 0 Å². The third-order valence-corrected chi connectivity index (χ3v) is 4.32. The van der Waals surface area contributed by atoms with Gasteiger partial charge in [-0.05, 0) is 24.6 Å². The second-order valence-electron chi connectivity index (χ2n) is 4.88. The molecule has 0 spiro atoms. The van der Waals surface area contributed by atoms with Crippen LogP contribution in [0.25, 0.3) is 0 Å². The molecule has 1 rings (SSSR count). The molecule has 0 aliphatic rings. The van der Waals surface area contributed by atoms with Gasteiger partial charge in [-0.15, -0.1) is 0 Å². The molecule has 2 unspecified atom stereocenters. The van der Waals surface area contributed by atoms with Crippen molar-refractivity contribution < 1.29 is 13.2 Å². The molecule has 20 heavy (non-hydrogen) atoms. The van der Waals surface area contributed by atoms with Crippen molar-refractivity contribution in [2.75, 3.05) is 13.6 Å². The topological polar surface area (TPSA) is 106 Å². The molecule has 0 fully saturated rings. The summed E-state index contributed by atoms with van der Waals surface area (Å²) >= 11 is 0. The molecule has 0 bridgehead atoms. The van der Waals surface area contributed by atoms with Crippen LogP contribution in [0.4, 0.5) is 0 Å². The van der Waals surface area contributed by atoms with Crippen LogP contribution < -0.4 is 10.9 Å². The summed E-state index contributed by atoms with van der Waals surface area (Å²) in [5, 5.41) is 5.04. The first kappa shape index (κ1) is 16.6. The maximum absolute atomic E-state index is 12.0. The molecule has 7 heteroatoms. The van der Waals surface area contributed by atoms with Crippen LogP contribution >= 0.6 is 0 Å². The second-order valence-corrected chi connectivity index (χ2v) is 6.44. The minimum atomic E-state index is -3.70. The van der Waals surface area contributed by atoms with Gasteiger partial charge in [0.25, 0.3) is 0 Å². The molecule has 2 atom stereocenters. The Morgan fingerprint density at radius 3 is 2.15 bits per heavy atom. The first-order valence-corrected chi connectivity index (χ1v) is 7.82. The Morgan fingerprint density at radius 2 is 1.75 bits per heavy atom. The standard InChI is InChI=1S/C13H21N3O3S/c1-9(8-14)13(17)16(3)10(2)11-4-6-12(7-5-11)20(15,18)19/h4-7,9-10H,8,14H2,1-3H3,(H2,15,18,19). The highest BCUT2D eigenvalue weighted by atomic mass is 32.2. The molecule has 112 valence electrons. The largest absolute Gasteiger partial charge is 0.339 e. The molecule has 0 radical (unpaired) electrons. The maximum Gasteiger partial charge on any atom is 0.238 e. The number of hydrogen-bond acceptors (Lipinski definition) is 4. The molecular formula is C13H21N3O3S. The number of rotatable bonds is 5. The van der Waals surface area contributed by atoms with Crippen LogP contribution in [-0.4, -0.2) is 32.8 Å². The van der Waals surface area contributed by atoms with Gasteiger partial charge in [-0.25, -0.2) is 13.6 Å². The van der Waals surface area contributed by atoms with Crippen LogP contribution in [0.5, 0.6) is 0 Å². The zero-order chi connectivity index (χ0) is 15.5. The molecule has 0 aliphatic carbocycles. The van der Waals surface area contributed by atoms with Gasteiger partial charge in [-0.3, -0.25) is 4.79 Å². The number of primary sulfonamides is 1. The van der Waals surface area contributed by atoms with Crippen molar-refractivity contribution in [2.45, 2.75) is 24.8 Å². The van der Waals surface area contributed by atoms with E-state index in [4.69, 9.17) is 10.9 Å². The van der Waals surface area contributed by atoms with Crippen LogP contribution in [0.2, 0.25) is 0 Å². The third-order valence-electron chi connectivity index (χ3n) is 3.39. The molecule has 0 aliphatic heterocycles. The van der Waals surface area contributed by atoms with E-state index in [1.807, 2.05) is 6.92 Å². The second kappa shape index (κ2) is 6.34. The lowest BCUT2D eigenvalue weighted by Crippen LogP contribution is -2.36. The number of carbonyl (C=O) groups excluding carboxylic acids is 1. The summed E-state index contributed by atoms with van der Waals surface area (Å²) in [5.74, 6) is -0.290. The SMILES string of the molecule is CC(CN)C(=O)N(C)C(C)c1ccc(S(N)(=O)=O)cc1. The zero-order valence-corrected chi connectivity index (χ0v) is 12.7. The van der Waals surface area contributed by atoms with E-state index in [1.54, 1.807) is 31.0 Å². The molecule has 1 aromatic carbocycles. The van der Waals surface area contributed by atoms with Crippen molar-refractivity contribution in [2.24, 2.45) is 16.8 Å². The van der Waals surface area contributed by atoms with Gasteiger partial charge < -0.3 is 10.6 Å². The average molecular weight is 299 g/mol. The average Bonchev–Trinajstić information content (AvgIpc) is 2.43. The van der Waals surface area contributed by atoms with Crippen LogP contribution in [0.15, 0.2) is 29.2 Å². The number of hydrogen-bond donors (Lipinski definition) is 2. The van der Waals surface area contributed by atoms with Crippen LogP contribution in [0.1, 0.15) is 25.5 Å². The number of sulfonamides is 1. The summed E-state index contributed by atoms with van der Waals surface area (Å²) in [6, 6.07) is 6.01. The van der Waals surface area contributed by atoms with Gasteiger partial charge in [0.2, 0.25) is 15.9 Å². The lowest BCUT2D eigenvalue weighted by molar-refractivity contribution is -0.135. The Kier molecular flexibility index (Phi) is 5.27. The predicted molar refractivity (Wildman–Crippen MR) is 77.2 cm³/mol. The minimum Gasteiger partial charge on any atom is -0.339 e. The Balaban J connectivity index is 2.93. The monoisotopic (exact) mass is 299 g/mol. The summed E-state index contributed by atoms with van der Waals surface area (Å²) in [7, 11) is -2.00. The summed E-state index contributed by atoms with van der Waals surface area (Å²) in [6.07, 6.45) is 0. The fourth-order valence-electron chi connectivity index (χ4n) is 1.80. The van der Waals surface area contributed by atoms with Gasteiger partial charge in [-0.1, -0.05) is 19.1 Å². The van der Waals surface area contributed by atoms with Crippen LogP contribution in [-0.2, 0) is 14.8 Å². The van der Waals surface area contributed by atoms with E-state index in [1.165, 1.54) is 12.1 Å². The molecular weight excluding hydrogens is 278 g/mol. The van der Waals surface area contributed by atoms with Crippen molar-refractivity contribution in [1.29, 1.82) is 0 Å². The number of carbonyl (C=O) groups is 1. The molecule has 1 amide bonds. The Morgan fingerprint density at radius 1 is 1.25 bits per heavy atom. The van der Waals surface area contributed by atoms with Gasteiger partial charge >= 0.3 is 0 Å². The lowest BCUT2D eigenvalue weighted by atomic mass is 10.1. The maximum atomic E-state index is 12.0. The van der Waals surface area contributed by atoms with Gasteiger partial charge in [-0.2, -0.15) is 0 Å². The molecule has 0 saturated heterocycles. The quantitative estimate of drug-likeness (QED) is 0.823. The van der Waals surface area contributed by atoms with Crippen LogP contribution in [0, 0.1) is 5.92 Å². The molecule has 0 heterocycles. The highest BCUT2D eigenvalue weighted by Gasteiger charge is 2.21.